The van der Waals surface area contributed by atoms with E-state index in [1.165, 1.54) is 26.4 Å². The van der Waals surface area contributed by atoms with Gasteiger partial charge in [-0.25, -0.2) is 8.42 Å². The summed E-state index contributed by atoms with van der Waals surface area (Å²) in [6.45, 7) is 2.86. The molecular formula is C30H38N6O7S. The van der Waals surface area contributed by atoms with Crippen LogP contribution in [0.1, 0.15) is 11.1 Å². The molecule has 13 nitrogen and oxygen atoms in total. The normalized spacial score (nSPS) is 11.4. The lowest BCUT2D eigenvalue weighted by molar-refractivity contribution is 0.217. The molecule has 4 aromatic rings. The first-order valence-electron chi connectivity index (χ1n) is 13.7. The Morgan fingerprint density at radius 1 is 0.818 bits per heavy atom. The van der Waals surface area contributed by atoms with Crippen LogP contribution in [0.25, 0.3) is 10.8 Å². The van der Waals surface area contributed by atoms with Crippen LogP contribution in [0.4, 0.5) is 28.4 Å². The van der Waals surface area contributed by atoms with E-state index in [4.69, 9.17) is 15.2 Å². The highest BCUT2D eigenvalue weighted by Crippen LogP contribution is 2.41. The van der Waals surface area contributed by atoms with Gasteiger partial charge in [-0.05, 0) is 66.8 Å². The summed E-state index contributed by atoms with van der Waals surface area (Å²) < 4.78 is 37.9. The number of anilines is 5. The minimum Gasteiger partial charge on any atom is -0.505 e. The molecule has 4 rings (SSSR count). The van der Waals surface area contributed by atoms with Crippen molar-refractivity contribution in [3.8, 4) is 17.2 Å². The SMILES string of the molecule is COc1cc(NNc2c(C)cc3cc(C)cc(N)c3c2O)c(OC)cc1NNc1ccc(S(=O)(=O)N(CCO)CCO)cc1. The van der Waals surface area contributed by atoms with E-state index in [1.807, 2.05) is 32.0 Å². The molecule has 44 heavy (non-hydrogen) atoms. The molecule has 0 radical (unpaired) electrons. The number of nitrogens with zero attached hydrogens (tertiary/aromatic N) is 1. The van der Waals surface area contributed by atoms with Gasteiger partial charge >= 0.3 is 0 Å². The third-order valence-electron chi connectivity index (χ3n) is 6.96. The Labute approximate surface area is 256 Å². The highest BCUT2D eigenvalue weighted by Gasteiger charge is 2.23. The van der Waals surface area contributed by atoms with E-state index in [0.717, 1.165) is 20.8 Å². The summed E-state index contributed by atoms with van der Waals surface area (Å²) in [4.78, 5) is 0.0256. The number of rotatable bonds is 14. The molecule has 0 aliphatic rings. The number of nitrogens with one attached hydrogen (secondary N) is 4. The number of benzene rings is 4. The molecule has 0 spiro atoms. The smallest absolute Gasteiger partial charge is 0.243 e. The predicted molar refractivity (Wildman–Crippen MR) is 173 cm³/mol. The van der Waals surface area contributed by atoms with Crippen molar-refractivity contribution in [1.29, 1.82) is 0 Å². The Bertz CT molecular complexity index is 1730. The quantitative estimate of drug-likeness (QED) is 0.0577. The first-order valence-corrected chi connectivity index (χ1v) is 15.1. The number of hydrogen-bond donors (Lipinski definition) is 8. The van der Waals surface area contributed by atoms with Gasteiger partial charge in [0.1, 0.15) is 11.5 Å². The Hall–Kier alpha value is -4.63. The van der Waals surface area contributed by atoms with E-state index in [9.17, 15) is 23.7 Å². The van der Waals surface area contributed by atoms with Crippen LogP contribution in [0.3, 0.4) is 0 Å². The average molecular weight is 627 g/mol. The second kappa shape index (κ2) is 13.8. The fourth-order valence-corrected chi connectivity index (χ4v) is 6.22. The van der Waals surface area contributed by atoms with Crippen molar-refractivity contribution in [2.24, 2.45) is 0 Å². The molecule has 14 heteroatoms. The van der Waals surface area contributed by atoms with Crippen molar-refractivity contribution in [3.63, 3.8) is 0 Å². The van der Waals surface area contributed by atoms with E-state index < -0.39 is 10.0 Å². The molecule has 0 aliphatic carbocycles. The van der Waals surface area contributed by atoms with Gasteiger partial charge in [-0.1, -0.05) is 6.07 Å². The fraction of sp³-hybridized carbons (Fsp3) is 0.267. The molecule has 236 valence electrons. The number of aliphatic hydroxyl groups is 2. The minimum absolute atomic E-state index is 0.0201. The molecule has 4 aromatic carbocycles. The summed E-state index contributed by atoms with van der Waals surface area (Å²) >= 11 is 0. The zero-order valence-corrected chi connectivity index (χ0v) is 25.7. The largest absolute Gasteiger partial charge is 0.505 e. The minimum atomic E-state index is -3.89. The second-order valence-electron chi connectivity index (χ2n) is 10.00. The number of nitrogen functional groups attached to an aromatic ring is 1. The maximum Gasteiger partial charge on any atom is 0.243 e. The summed E-state index contributed by atoms with van der Waals surface area (Å²) in [7, 11) is -0.858. The number of phenolic OH excluding ortho intramolecular Hbond substituents is 1. The van der Waals surface area contributed by atoms with E-state index in [0.29, 0.717) is 45.3 Å². The van der Waals surface area contributed by atoms with Gasteiger partial charge in [0.25, 0.3) is 0 Å². The predicted octanol–water partition coefficient (Wildman–Crippen LogP) is 3.61. The molecule has 0 saturated heterocycles. The zero-order valence-electron chi connectivity index (χ0n) is 24.9. The van der Waals surface area contributed by atoms with Crippen molar-refractivity contribution in [3.05, 3.63) is 65.7 Å². The second-order valence-corrected chi connectivity index (χ2v) is 11.9. The number of hydrogen-bond acceptors (Lipinski definition) is 12. The van der Waals surface area contributed by atoms with Crippen LogP contribution < -0.4 is 36.9 Å². The first-order chi connectivity index (χ1) is 21.0. The maximum absolute atomic E-state index is 12.9. The lowest BCUT2D eigenvalue weighted by atomic mass is 10.0. The van der Waals surface area contributed by atoms with Crippen molar-refractivity contribution in [1.82, 2.24) is 4.31 Å². The van der Waals surface area contributed by atoms with E-state index in [1.54, 1.807) is 24.3 Å². The molecule has 0 bridgehead atoms. The fourth-order valence-electron chi connectivity index (χ4n) is 4.80. The Kier molecular flexibility index (Phi) is 10.1. The Balaban J connectivity index is 1.51. The molecule has 0 fully saturated rings. The van der Waals surface area contributed by atoms with Crippen LogP contribution in [0.2, 0.25) is 0 Å². The number of aromatic hydroxyl groups is 1. The summed E-state index contributed by atoms with van der Waals surface area (Å²) in [5.74, 6) is 0.918. The molecule has 9 N–H and O–H groups in total. The molecule has 0 heterocycles. The zero-order chi connectivity index (χ0) is 32.0. The number of aryl methyl sites for hydroxylation is 2. The summed E-state index contributed by atoms with van der Waals surface area (Å²) in [5, 5.41) is 30.9. The van der Waals surface area contributed by atoms with Crippen LogP contribution in [0, 0.1) is 13.8 Å². The topological polar surface area (TPSA) is 191 Å². The number of sulfonamides is 1. The molecule has 0 aromatic heterocycles. The maximum atomic E-state index is 12.9. The van der Waals surface area contributed by atoms with Gasteiger partial charge in [-0.15, -0.1) is 0 Å². The number of phenols is 1. The van der Waals surface area contributed by atoms with Crippen molar-refractivity contribution in [2.75, 3.05) is 68.0 Å². The van der Waals surface area contributed by atoms with Gasteiger partial charge in [0.2, 0.25) is 10.0 Å². The van der Waals surface area contributed by atoms with Crippen LogP contribution >= 0.6 is 0 Å². The Morgan fingerprint density at radius 3 is 1.93 bits per heavy atom. The van der Waals surface area contributed by atoms with Crippen molar-refractivity contribution in [2.45, 2.75) is 18.7 Å². The number of fused-ring (bicyclic) bond motifs is 1. The number of hydrazine groups is 2. The molecule has 0 amide bonds. The summed E-state index contributed by atoms with van der Waals surface area (Å²) in [6, 6.07) is 15.1. The van der Waals surface area contributed by atoms with Gasteiger partial charge in [0, 0.05) is 36.3 Å². The van der Waals surface area contributed by atoms with E-state index in [2.05, 4.69) is 21.7 Å². The number of ether oxygens (including phenoxy) is 2. The highest BCUT2D eigenvalue weighted by atomic mass is 32.2. The first kappa shape index (κ1) is 32.3. The standard InChI is InChI=1S/C30H38N6O7S/c1-18-13-20-15-19(2)29(30(39)28(20)23(31)14-18)35-34-25-17-26(42-3)24(16-27(25)43-4)33-32-21-5-7-22(8-6-21)44(40,41)36(9-11-37)10-12-38/h5-8,13-17,32-35,37-39H,9-12,31H2,1-4H3. The lowest BCUT2D eigenvalue weighted by Crippen LogP contribution is -2.35. The van der Waals surface area contributed by atoms with Crippen LogP contribution in [-0.2, 0) is 10.0 Å². The molecule has 0 atom stereocenters. The van der Waals surface area contributed by atoms with Gasteiger partial charge in [0.15, 0.2) is 5.75 Å². The molecular weight excluding hydrogens is 588 g/mol. The molecule has 0 aliphatic heterocycles. The van der Waals surface area contributed by atoms with Crippen LogP contribution in [-0.4, -0.2) is 68.6 Å². The Morgan fingerprint density at radius 2 is 1.39 bits per heavy atom. The highest BCUT2D eigenvalue weighted by molar-refractivity contribution is 7.89. The summed E-state index contributed by atoms with van der Waals surface area (Å²) in [6.07, 6.45) is 0. The van der Waals surface area contributed by atoms with Crippen molar-refractivity contribution < 1.29 is 33.2 Å². The average Bonchev–Trinajstić information content (AvgIpc) is 2.99. The number of aliphatic hydroxyl groups excluding tert-OH is 2. The van der Waals surface area contributed by atoms with Crippen molar-refractivity contribution >= 4 is 49.2 Å². The molecule has 0 unspecified atom stereocenters. The number of nitrogens with two attached hydrogens (primary N) is 1. The van der Waals surface area contributed by atoms with E-state index >= 15 is 0 Å². The van der Waals surface area contributed by atoms with E-state index in [-0.39, 0.29) is 36.9 Å². The third-order valence-corrected chi connectivity index (χ3v) is 8.87. The van der Waals surface area contributed by atoms with Gasteiger partial charge in [0.05, 0.1) is 55.1 Å². The van der Waals surface area contributed by atoms with Crippen LogP contribution in [0.15, 0.2) is 59.5 Å². The molecule has 0 saturated carbocycles. The number of methoxy groups -OCH3 is 2. The van der Waals surface area contributed by atoms with Gasteiger partial charge in [-0.3, -0.25) is 16.3 Å². The van der Waals surface area contributed by atoms with Gasteiger partial charge < -0.3 is 36.0 Å². The monoisotopic (exact) mass is 626 g/mol. The lowest BCUT2D eigenvalue weighted by Gasteiger charge is -2.21. The third kappa shape index (κ3) is 6.78. The van der Waals surface area contributed by atoms with Crippen LogP contribution in [0.5, 0.6) is 17.2 Å². The summed E-state index contributed by atoms with van der Waals surface area (Å²) in [5.41, 5.74) is 22.8. The van der Waals surface area contributed by atoms with Gasteiger partial charge in [-0.2, -0.15) is 4.31 Å².